The third kappa shape index (κ3) is 5.96. The number of nitrogens with one attached hydrogen (secondary N) is 1. The Morgan fingerprint density at radius 1 is 1.38 bits per heavy atom. The van der Waals surface area contributed by atoms with E-state index in [1.54, 1.807) is 0 Å². The Hall–Kier alpha value is -2.54. The minimum Gasteiger partial charge on any atom is -0.478 e. The number of carboxylic acids is 1. The summed E-state index contributed by atoms with van der Waals surface area (Å²) < 4.78 is 4.46. The molecule has 112 valence electrons. The van der Waals surface area contributed by atoms with Crippen LogP contribution in [0.4, 0.5) is 4.79 Å². The zero-order valence-electron chi connectivity index (χ0n) is 10.8. The Labute approximate surface area is 125 Å². The number of benzene rings is 1. The van der Waals surface area contributed by atoms with Crippen molar-refractivity contribution in [2.24, 2.45) is 5.73 Å². The molecule has 0 saturated carbocycles. The average molecular weight is 313 g/mol. The van der Waals surface area contributed by atoms with E-state index in [9.17, 15) is 14.4 Å². The van der Waals surface area contributed by atoms with Gasteiger partial charge in [0.25, 0.3) is 5.91 Å². The summed E-state index contributed by atoms with van der Waals surface area (Å²) in [5.41, 5.74) is 5.54. The number of carboxylic acid groups (broad SMARTS) is 1. The molecule has 0 aromatic heterocycles. The van der Waals surface area contributed by atoms with E-state index in [1.165, 1.54) is 24.3 Å². The second-order valence-electron chi connectivity index (χ2n) is 3.83. The molecule has 0 fully saturated rings. The van der Waals surface area contributed by atoms with E-state index in [1.807, 2.05) is 0 Å². The highest BCUT2D eigenvalue weighted by molar-refractivity contribution is 6.32. The summed E-state index contributed by atoms with van der Waals surface area (Å²) in [5, 5.41) is 11.3. The van der Waals surface area contributed by atoms with Crippen molar-refractivity contribution >= 4 is 35.6 Å². The first-order valence-electron chi connectivity index (χ1n) is 5.81. The molecule has 0 atom stereocenters. The Balaban J connectivity index is 2.63. The molecule has 0 saturated heterocycles. The van der Waals surface area contributed by atoms with Gasteiger partial charge in [-0.1, -0.05) is 17.7 Å². The molecule has 4 N–H and O–H groups in total. The Kier molecular flexibility index (Phi) is 6.22. The molecule has 0 aliphatic carbocycles. The van der Waals surface area contributed by atoms with Crippen LogP contribution in [0.1, 0.15) is 15.9 Å². The summed E-state index contributed by atoms with van der Waals surface area (Å²) in [6, 6.07) is 4.43. The summed E-state index contributed by atoms with van der Waals surface area (Å²) in [4.78, 5) is 32.5. The van der Waals surface area contributed by atoms with E-state index in [4.69, 9.17) is 22.4 Å². The number of nitrogens with two attached hydrogens (primary N) is 1. The largest absolute Gasteiger partial charge is 0.478 e. The lowest BCUT2D eigenvalue weighted by Gasteiger charge is -2.06. The van der Waals surface area contributed by atoms with Gasteiger partial charge in [0.1, 0.15) is 6.61 Å². The molecule has 21 heavy (non-hydrogen) atoms. The highest BCUT2D eigenvalue weighted by Gasteiger charge is 2.07. The van der Waals surface area contributed by atoms with E-state index < -0.39 is 18.0 Å². The first-order valence-corrected chi connectivity index (χ1v) is 6.19. The number of carbonyl (C=O) groups is 3. The number of rotatable bonds is 6. The number of hydrogen-bond acceptors (Lipinski definition) is 4. The van der Waals surface area contributed by atoms with Crippen molar-refractivity contribution in [2.45, 2.75) is 0 Å². The second kappa shape index (κ2) is 7.91. The van der Waals surface area contributed by atoms with Crippen molar-refractivity contribution in [1.82, 2.24) is 5.32 Å². The molecule has 1 aromatic rings. The maximum Gasteiger partial charge on any atom is 0.404 e. The monoisotopic (exact) mass is 312 g/mol. The van der Waals surface area contributed by atoms with E-state index in [-0.39, 0.29) is 18.2 Å². The molecular weight excluding hydrogens is 300 g/mol. The van der Waals surface area contributed by atoms with Crippen molar-refractivity contribution < 1.29 is 24.2 Å². The van der Waals surface area contributed by atoms with Gasteiger partial charge in [0.05, 0.1) is 6.54 Å². The van der Waals surface area contributed by atoms with Crippen LogP contribution in [0.2, 0.25) is 5.02 Å². The molecule has 0 aliphatic rings. The van der Waals surface area contributed by atoms with Crippen LogP contribution in [-0.4, -0.2) is 36.2 Å². The van der Waals surface area contributed by atoms with Crippen LogP contribution < -0.4 is 11.1 Å². The number of carbonyl (C=O) groups excluding carboxylic acids is 2. The van der Waals surface area contributed by atoms with Crippen LogP contribution in [0.25, 0.3) is 6.08 Å². The highest BCUT2D eigenvalue weighted by atomic mass is 35.5. The Morgan fingerprint density at radius 3 is 2.67 bits per heavy atom. The fourth-order valence-electron chi connectivity index (χ4n) is 1.38. The van der Waals surface area contributed by atoms with Gasteiger partial charge >= 0.3 is 12.1 Å². The highest BCUT2D eigenvalue weighted by Crippen LogP contribution is 2.19. The third-order valence-electron chi connectivity index (χ3n) is 2.30. The molecule has 0 radical (unpaired) electrons. The van der Waals surface area contributed by atoms with Crippen LogP contribution in [0.15, 0.2) is 24.3 Å². The van der Waals surface area contributed by atoms with Crippen molar-refractivity contribution in [3.63, 3.8) is 0 Å². The third-order valence-corrected chi connectivity index (χ3v) is 2.63. The number of primary amides is 1. The zero-order chi connectivity index (χ0) is 15.8. The quantitative estimate of drug-likeness (QED) is 0.540. The molecule has 0 aliphatic heterocycles. The predicted octanol–water partition coefficient (Wildman–Crippen LogP) is 1.26. The normalized spacial score (nSPS) is 10.3. The fraction of sp³-hybridized carbons (Fsp3) is 0.154. The van der Waals surface area contributed by atoms with Gasteiger partial charge in [-0.25, -0.2) is 9.59 Å². The van der Waals surface area contributed by atoms with Gasteiger partial charge in [-0.15, -0.1) is 0 Å². The van der Waals surface area contributed by atoms with E-state index in [0.29, 0.717) is 11.1 Å². The summed E-state index contributed by atoms with van der Waals surface area (Å²) in [6.45, 7) is 0.0777. The summed E-state index contributed by atoms with van der Waals surface area (Å²) in [7, 11) is 0. The standard InChI is InChI=1S/C13H13ClN2O5/c14-10-7-9(2-1-8(10)3-4-11(17)18)12(19)16-5-6-21-13(15)20/h1-4,7H,5-6H2,(H2,15,20)(H,16,19)(H,17,18)/b4-3+. The van der Waals surface area contributed by atoms with Gasteiger partial charge in [0, 0.05) is 16.7 Å². The van der Waals surface area contributed by atoms with Crippen molar-refractivity contribution in [3.05, 3.63) is 40.4 Å². The van der Waals surface area contributed by atoms with Crippen LogP contribution >= 0.6 is 11.6 Å². The van der Waals surface area contributed by atoms with E-state index in [0.717, 1.165) is 6.08 Å². The predicted molar refractivity (Wildman–Crippen MR) is 76.0 cm³/mol. The number of amides is 2. The molecule has 8 heteroatoms. The molecule has 0 unspecified atom stereocenters. The lowest BCUT2D eigenvalue weighted by Crippen LogP contribution is -2.29. The topological polar surface area (TPSA) is 119 Å². The lowest BCUT2D eigenvalue weighted by atomic mass is 10.1. The zero-order valence-corrected chi connectivity index (χ0v) is 11.6. The summed E-state index contributed by atoms with van der Waals surface area (Å²) >= 11 is 5.95. The first-order chi connectivity index (χ1) is 9.90. The van der Waals surface area contributed by atoms with Gasteiger partial charge in [-0.05, 0) is 23.8 Å². The van der Waals surface area contributed by atoms with Crippen LogP contribution in [0, 0.1) is 0 Å². The number of hydrogen-bond donors (Lipinski definition) is 3. The maximum absolute atomic E-state index is 11.8. The molecule has 2 amide bonds. The lowest BCUT2D eigenvalue weighted by molar-refractivity contribution is -0.131. The molecule has 0 bridgehead atoms. The molecular formula is C13H13ClN2O5. The van der Waals surface area contributed by atoms with E-state index >= 15 is 0 Å². The van der Waals surface area contributed by atoms with Gasteiger partial charge in [0.15, 0.2) is 0 Å². The molecule has 0 spiro atoms. The number of halogens is 1. The molecule has 0 heterocycles. The maximum atomic E-state index is 11.8. The van der Waals surface area contributed by atoms with Gasteiger partial charge < -0.3 is 20.9 Å². The number of ether oxygens (including phenoxy) is 1. The minimum atomic E-state index is -1.10. The second-order valence-corrected chi connectivity index (χ2v) is 4.24. The smallest absolute Gasteiger partial charge is 0.404 e. The molecule has 1 aromatic carbocycles. The summed E-state index contributed by atoms with van der Waals surface area (Å²) in [5.74, 6) is -1.50. The van der Waals surface area contributed by atoms with Gasteiger partial charge in [-0.3, -0.25) is 4.79 Å². The SMILES string of the molecule is NC(=O)OCCNC(=O)c1ccc(/C=C/C(=O)O)c(Cl)c1. The number of aliphatic carboxylic acids is 1. The Bertz CT molecular complexity index is 586. The molecule has 7 nitrogen and oxygen atoms in total. The molecule has 1 rings (SSSR count). The van der Waals surface area contributed by atoms with Crippen LogP contribution in [0.3, 0.4) is 0 Å². The van der Waals surface area contributed by atoms with E-state index in [2.05, 4.69) is 10.1 Å². The fourth-order valence-corrected chi connectivity index (χ4v) is 1.63. The van der Waals surface area contributed by atoms with Crippen LogP contribution in [-0.2, 0) is 9.53 Å². The Morgan fingerprint density at radius 2 is 2.10 bits per heavy atom. The average Bonchev–Trinajstić information content (AvgIpc) is 2.41. The summed E-state index contributed by atoms with van der Waals surface area (Å²) in [6.07, 6.45) is 1.36. The van der Waals surface area contributed by atoms with Crippen molar-refractivity contribution in [3.8, 4) is 0 Å². The first kappa shape index (κ1) is 16.5. The van der Waals surface area contributed by atoms with Gasteiger partial charge in [0.2, 0.25) is 0 Å². The van der Waals surface area contributed by atoms with Gasteiger partial charge in [-0.2, -0.15) is 0 Å². The minimum absolute atomic E-state index is 0.0335. The van der Waals surface area contributed by atoms with Crippen molar-refractivity contribution in [1.29, 1.82) is 0 Å². The van der Waals surface area contributed by atoms with Crippen LogP contribution in [0.5, 0.6) is 0 Å². The van der Waals surface area contributed by atoms with Crippen molar-refractivity contribution in [2.75, 3.05) is 13.2 Å².